The molecule has 0 saturated carbocycles. The summed E-state index contributed by atoms with van der Waals surface area (Å²) in [4.78, 5) is 22.6. The fraction of sp³-hybridized carbons (Fsp3) is 0.857. The van der Waals surface area contributed by atoms with E-state index in [2.05, 4.69) is 0 Å². The zero-order valence-corrected chi connectivity index (χ0v) is 10.9. The third kappa shape index (κ3) is 11.6. The standard InChI is InChI=1S/C13H24O3.CH4/c1-10(2)9-12(14)5-7-16-8-6-13(15)11(3)4;/h10-11H,5-9H2,1-4H3;1H4. The van der Waals surface area contributed by atoms with Crippen LogP contribution in [0.25, 0.3) is 0 Å². The molecule has 0 fully saturated rings. The van der Waals surface area contributed by atoms with Crippen LogP contribution >= 0.6 is 0 Å². The van der Waals surface area contributed by atoms with E-state index in [-0.39, 0.29) is 24.9 Å². The Morgan fingerprint density at radius 2 is 1.53 bits per heavy atom. The van der Waals surface area contributed by atoms with Gasteiger partial charge in [0, 0.05) is 25.2 Å². The molecule has 0 rings (SSSR count). The zero-order valence-electron chi connectivity index (χ0n) is 10.9. The summed E-state index contributed by atoms with van der Waals surface area (Å²) in [5.74, 6) is 0.944. The van der Waals surface area contributed by atoms with Crippen LogP contribution in [-0.2, 0) is 14.3 Å². The van der Waals surface area contributed by atoms with E-state index in [1.165, 1.54) is 0 Å². The van der Waals surface area contributed by atoms with Crippen molar-refractivity contribution >= 4 is 11.6 Å². The highest BCUT2D eigenvalue weighted by atomic mass is 16.5. The van der Waals surface area contributed by atoms with Crippen molar-refractivity contribution in [2.45, 2.75) is 54.4 Å². The molecule has 17 heavy (non-hydrogen) atoms. The number of ether oxygens (including phenoxy) is 1. The van der Waals surface area contributed by atoms with E-state index in [9.17, 15) is 9.59 Å². The van der Waals surface area contributed by atoms with Crippen LogP contribution in [-0.4, -0.2) is 24.8 Å². The molecule has 0 atom stereocenters. The SMILES string of the molecule is C.CC(C)CC(=O)CCOCCC(=O)C(C)C. The Bertz CT molecular complexity index is 220. The number of hydrogen-bond donors (Lipinski definition) is 0. The molecule has 0 bridgehead atoms. The van der Waals surface area contributed by atoms with Crippen LogP contribution in [0.4, 0.5) is 0 Å². The Morgan fingerprint density at radius 1 is 1.00 bits per heavy atom. The molecule has 0 aromatic heterocycles. The van der Waals surface area contributed by atoms with E-state index < -0.39 is 0 Å². The van der Waals surface area contributed by atoms with Gasteiger partial charge in [-0.1, -0.05) is 35.1 Å². The average Bonchev–Trinajstić information content (AvgIpc) is 2.15. The van der Waals surface area contributed by atoms with Gasteiger partial charge in [-0.3, -0.25) is 9.59 Å². The van der Waals surface area contributed by atoms with E-state index in [0.29, 0.717) is 38.4 Å². The zero-order chi connectivity index (χ0) is 12.6. The lowest BCUT2D eigenvalue weighted by atomic mass is 10.1. The molecule has 0 aliphatic carbocycles. The number of hydrogen-bond acceptors (Lipinski definition) is 3. The summed E-state index contributed by atoms with van der Waals surface area (Å²) in [7, 11) is 0. The number of ketones is 2. The fourth-order valence-electron chi connectivity index (χ4n) is 1.31. The van der Waals surface area contributed by atoms with Crippen molar-refractivity contribution in [3.05, 3.63) is 0 Å². The van der Waals surface area contributed by atoms with E-state index in [4.69, 9.17) is 4.74 Å². The van der Waals surface area contributed by atoms with Gasteiger partial charge in [0.25, 0.3) is 0 Å². The van der Waals surface area contributed by atoms with Gasteiger partial charge in [0.2, 0.25) is 0 Å². The Hall–Kier alpha value is -0.700. The summed E-state index contributed by atoms with van der Waals surface area (Å²) >= 11 is 0. The molecular weight excluding hydrogens is 216 g/mol. The van der Waals surface area contributed by atoms with Crippen molar-refractivity contribution in [3.63, 3.8) is 0 Å². The minimum absolute atomic E-state index is 0. The molecule has 0 amide bonds. The van der Waals surface area contributed by atoms with Crippen LogP contribution in [0, 0.1) is 11.8 Å². The lowest BCUT2D eigenvalue weighted by Crippen LogP contribution is -2.12. The molecule has 0 spiro atoms. The van der Waals surface area contributed by atoms with Gasteiger partial charge in [0.15, 0.2) is 0 Å². The Morgan fingerprint density at radius 3 is 2.00 bits per heavy atom. The highest BCUT2D eigenvalue weighted by Gasteiger charge is 2.07. The summed E-state index contributed by atoms with van der Waals surface area (Å²) in [6.07, 6.45) is 1.54. The topological polar surface area (TPSA) is 43.4 Å². The highest BCUT2D eigenvalue weighted by molar-refractivity contribution is 5.80. The van der Waals surface area contributed by atoms with E-state index >= 15 is 0 Å². The number of rotatable bonds is 9. The first-order chi connectivity index (χ1) is 7.43. The second-order valence-corrected chi connectivity index (χ2v) is 4.87. The predicted octanol–water partition coefficient (Wildman–Crippen LogP) is 3.26. The summed E-state index contributed by atoms with van der Waals surface area (Å²) in [6.45, 7) is 8.70. The third-order valence-electron chi connectivity index (χ3n) is 2.30. The van der Waals surface area contributed by atoms with Crippen molar-refractivity contribution in [1.82, 2.24) is 0 Å². The maximum absolute atomic E-state index is 11.3. The normalized spacial score (nSPS) is 10.5. The number of carbonyl (C=O) groups excluding carboxylic acids is 2. The molecule has 0 heterocycles. The first-order valence-electron chi connectivity index (χ1n) is 6.05. The molecule has 0 aromatic rings. The molecule has 0 aliphatic heterocycles. The maximum atomic E-state index is 11.3. The van der Waals surface area contributed by atoms with Crippen molar-refractivity contribution in [2.24, 2.45) is 11.8 Å². The second kappa shape index (κ2) is 10.5. The van der Waals surface area contributed by atoms with Gasteiger partial charge in [-0.15, -0.1) is 0 Å². The summed E-state index contributed by atoms with van der Waals surface area (Å²) in [5, 5.41) is 0. The smallest absolute Gasteiger partial charge is 0.137 e. The molecule has 0 radical (unpaired) electrons. The maximum Gasteiger partial charge on any atom is 0.137 e. The Labute approximate surface area is 106 Å². The van der Waals surface area contributed by atoms with E-state index in [1.54, 1.807) is 0 Å². The van der Waals surface area contributed by atoms with Crippen molar-refractivity contribution in [3.8, 4) is 0 Å². The van der Waals surface area contributed by atoms with Crippen molar-refractivity contribution in [2.75, 3.05) is 13.2 Å². The van der Waals surface area contributed by atoms with Gasteiger partial charge in [-0.05, 0) is 5.92 Å². The quantitative estimate of drug-likeness (QED) is 0.585. The third-order valence-corrected chi connectivity index (χ3v) is 2.30. The van der Waals surface area contributed by atoms with Crippen LogP contribution in [0.5, 0.6) is 0 Å². The van der Waals surface area contributed by atoms with Crippen LogP contribution < -0.4 is 0 Å². The average molecular weight is 244 g/mol. The van der Waals surface area contributed by atoms with Gasteiger partial charge in [-0.2, -0.15) is 0 Å². The minimum atomic E-state index is 0. The summed E-state index contributed by atoms with van der Waals surface area (Å²) < 4.78 is 5.27. The number of carbonyl (C=O) groups is 2. The van der Waals surface area contributed by atoms with Crippen molar-refractivity contribution < 1.29 is 14.3 Å². The molecule has 0 N–H and O–H groups in total. The van der Waals surface area contributed by atoms with Crippen LogP contribution in [0.1, 0.15) is 54.4 Å². The lowest BCUT2D eigenvalue weighted by molar-refractivity contribution is -0.123. The van der Waals surface area contributed by atoms with Gasteiger partial charge < -0.3 is 4.74 Å². The molecule has 0 unspecified atom stereocenters. The lowest BCUT2D eigenvalue weighted by Gasteiger charge is -2.06. The molecule has 0 aromatic carbocycles. The Balaban J connectivity index is 0. The fourth-order valence-corrected chi connectivity index (χ4v) is 1.31. The van der Waals surface area contributed by atoms with Crippen LogP contribution in [0.2, 0.25) is 0 Å². The number of Topliss-reactive ketones (excluding diaryl/α,β-unsaturated/α-hetero) is 2. The van der Waals surface area contributed by atoms with Gasteiger partial charge >= 0.3 is 0 Å². The van der Waals surface area contributed by atoms with Crippen LogP contribution in [0.15, 0.2) is 0 Å². The summed E-state index contributed by atoms with van der Waals surface area (Å²) in [5.41, 5.74) is 0. The van der Waals surface area contributed by atoms with E-state index in [1.807, 2.05) is 27.7 Å². The molecule has 102 valence electrons. The monoisotopic (exact) mass is 244 g/mol. The first-order valence-corrected chi connectivity index (χ1v) is 6.05. The molecule has 3 heteroatoms. The first kappa shape index (κ1) is 18.7. The van der Waals surface area contributed by atoms with Crippen LogP contribution in [0.3, 0.4) is 0 Å². The molecular formula is C14H28O3. The Kier molecular flexibility index (Phi) is 11.5. The van der Waals surface area contributed by atoms with Gasteiger partial charge in [-0.25, -0.2) is 0 Å². The van der Waals surface area contributed by atoms with Gasteiger partial charge in [0.05, 0.1) is 13.2 Å². The largest absolute Gasteiger partial charge is 0.381 e. The van der Waals surface area contributed by atoms with Crippen molar-refractivity contribution in [1.29, 1.82) is 0 Å². The minimum Gasteiger partial charge on any atom is -0.381 e. The molecule has 3 nitrogen and oxygen atoms in total. The summed E-state index contributed by atoms with van der Waals surface area (Å²) in [6, 6.07) is 0. The second-order valence-electron chi connectivity index (χ2n) is 4.87. The highest BCUT2D eigenvalue weighted by Crippen LogP contribution is 2.03. The predicted molar refractivity (Wildman–Crippen MR) is 71.1 cm³/mol. The molecule has 0 saturated heterocycles. The molecule has 0 aliphatic rings. The van der Waals surface area contributed by atoms with E-state index in [0.717, 1.165) is 0 Å². The van der Waals surface area contributed by atoms with Gasteiger partial charge in [0.1, 0.15) is 11.6 Å².